The van der Waals surface area contributed by atoms with Crippen LogP contribution in [0.1, 0.15) is 5.56 Å². The first-order chi connectivity index (χ1) is 9.15. The minimum Gasteiger partial charge on any atom is -0.384 e. The molecule has 0 saturated heterocycles. The molecule has 0 radical (unpaired) electrons. The highest BCUT2D eigenvalue weighted by Gasteiger charge is 2.09. The summed E-state index contributed by atoms with van der Waals surface area (Å²) in [6.45, 7) is 0. The molecule has 2 aromatic heterocycles. The van der Waals surface area contributed by atoms with E-state index in [0.717, 1.165) is 10.9 Å². The van der Waals surface area contributed by atoms with Crippen LogP contribution in [-0.2, 0) is 0 Å². The highest BCUT2D eigenvalue weighted by atomic mass is 35.5. The van der Waals surface area contributed by atoms with Gasteiger partial charge in [-0.05, 0) is 12.1 Å². The van der Waals surface area contributed by atoms with Gasteiger partial charge in [0.2, 0.25) is 0 Å². The lowest BCUT2D eigenvalue weighted by Crippen LogP contribution is -2.13. The fraction of sp³-hybridized carbons (Fsp3) is 0. The van der Waals surface area contributed by atoms with E-state index in [9.17, 15) is 0 Å². The van der Waals surface area contributed by atoms with Crippen molar-refractivity contribution in [3.8, 4) is 5.82 Å². The summed E-state index contributed by atoms with van der Waals surface area (Å²) in [6, 6.07) is 9.27. The number of halogens is 1. The third-order valence-electron chi connectivity index (χ3n) is 2.78. The average molecular weight is 272 g/mol. The first-order valence-corrected chi connectivity index (χ1v) is 5.97. The normalized spacial score (nSPS) is 10.8. The second-order valence-corrected chi connectivity index (χ2v) is 4.50. The van der Waals surface area contributed by atoms with Crippen LogP contribution in [0.5, 0.6) is 0 Å². The summed E-state index contributed by atoms with van der Waals surface area (Å²) in [5.41, 5.74) is 7.02. The molecule has 2 heterocycles. The molecular weight excluding hydrogens is 262 g/mol. The highest BCUT2D eigenvalue weighted by molar-refractivity contribution is 6.30. The minimum atomic E-state index is -0.00176. The summed E-state index contributed by atoms with van der Waals surface area (Å²) in [5.74, 6) is 0.578. The van der Waals surface area contributed by atoms with Gasteiger partial charge in [-0.3, -0.25) is 5.41 Å². The number of benzene rings is 1. The molecule has 6 heteroatoms. The van der Waals surface area contributed by atoms with Crippen molar-refractivity contribution in [2.75, 3.05) is 0 Å². The van der Waals surface area contributed by atoms with E-state index in [0.29, 0.717) is 16.4 Å². The van der Waals surface area contributed by atoms with Gasteiger partial charge in [-0.1, -0.05) is 29.8 Å². The number of fused-ring (bicyclic) bond motifs is 1. The molecule has 19 heavy (non-hydrogen) atoms. The molecule has 5 nitrogen and oxygen atoms in total. The molecule has 0 amide bonds. The molecule has 1 aromatic carbocycles. The van der Waals surface area contributed by atoms with Crippen LogP contribution in [0.3, 0.4) is 0 Å². The molecule has 0 aliphatic carbocycles. The number of aromatic nitrogens is 3. The Balaban J connectivity index is 2.30. The molecule has 0 aliphatic rings. The maximum Gasteiger partial charge on any atom is 0.154 e. The molecule has 0 unspecified atom stereocenters. The Morgan fingerprint density at radius 1 is 1.32 bits per heavy atom. The third kappa shape index (κ3) is 2.04. The predicted octanol–water partition coefficient (Wildman–Crippen LogP) is 2.36. The Hall–Kier alpha value is -2.40. The first-order valence-electron chi connectivity index (χ1n) is 5.60. The zero-order valence-electron chi connectivity index (χ0n) is 9.84. The minimum absolute atomic E-state index is 0.00176. The lowest BCUT2D eigenvalue weighted by Gasteiger charge is -2.08. The zero-order chi connectivity index (χ0) is 13.4. The van der Waals surface area contributed by atoms with Crippen LogP contribution in [0.15, 0.2) is 42.7 Å². The monoisotopic (exact) mass is 271 g/mol. The number of hydrogen-bond donors (Lipinski definition) is 2. The number of para-hydroxylation sites is 1. The molecule has 0 aliphatic heterocycles. The topological polar surface area (TPSA) is 80.6 Å². The standard InChI is InChI=1S/C13H10ClN5/c14-8-6-17-19(7-8)12-5-10(13(15)16)9-3-1-2-4-11(9)18-12/h1-7H,(H3,15,16). The molecule has 3 rings (SSSR count). The van der Waals surface area contributed by atoms with Crippen molar-refractivity contribution in [3.63, 3.8) is 0 Å². The van der Waals surface area contributed by atoms with E-state index in [1.54, 1.807) is 16.9 Å². The smallest absolute Gasteiger partial charge is 0.154 e. The molecule has 3 N–H and O–H groups in total. The summed E-state index contributed by atoms with van der Waals surface area (Å²) in [4.78, 5) is 4.49. The van der Waals surface area contributed by atoms with Gasteiger partial charge in [0.15, 0.2) is 5.82 Å². The molecule has 0 atom stereocenters. The number of nitrogens with two attached hydrogens (primary N) is 1. The van der Waals surface area contributed by atoms with Gasteiger partial charge in [0.25, 0.3) is 0 Å². The summed E-state index contributed by atoms with van der Waals surface area (Å²) >= 11 is 5.85. The van der Waals surface area contributed by atoms with Crippen molar-refractivity contribution >= 4 is 28.3 Å². The van der Waals surface area contributed by atoms with Gasteiger partial charge >= 0.3 is 0 Å². The van der Waals surface area contributed by atoms with Gasteiger partial charge < -0.3 is 5.73 Å². The van der Waals surface area contributed by atoms with Crippen molar-refractivity contribution < 1.29 is 0 Å². The Bertz CT molecular complexity index is 778. The summed E-state index contributed by atoms with van der Waals surface area (Å²) < 4.78 is 1.56. The van der Waals surface area contributed by atoms with Crippen LogP contribution in [0.2, 0.25) is 5.02 Å². The summed E-state index contributed by atoms with van der Waals surface area (Å²) in [5, 5.41) is 13.2. The lowest BCUT2D eigenvalue weighted by molar-refractivity contribution is 0.852. The van der Waals surface area contributed by atoms with Crippen molar-refractivity contribution in [3.05, 3.63) is 53.3 Å². The largest absolute Gasteiger partial charge is 0.384 e. The molecule has 0 spiro atoms. The maximum absolute atomic E-state index is 7.68. The maximum atomic E-state index is 7.68. The Morgan fingerprint density at radius 3 is 2.79 bits per heavy atom. The highest BCUT2D eigenvalue weighted by Crippen LogP contribution is 2.20. The fourth-order valence-corrected chi connectivity index (χ4v) is 2.06. The summed E-state index contributed by atoms with van der Waals surface area (Å²) in [7, 11) is 0. The molecule has 0 saturated carbocycles. The predicted molar refractivity (Wildman–Crippen MR) is 74.9 cm³/mol. The molecular formula is C13H10ClN5. The quantitative estimate of drug-likeness (QED) is 0.554. The van der Waals surface area contributed by atoms with Crippen molar-refractivity contribution in [1.29, 1.82) is 5.41 Å². The van der Waals surface area contributed by atoms with Crippen LogP contribution in [0, 0.1) is 5.41 Å². The van der Waals surface area contributed by atoms with Gasteiger partial charge in [0, 0.05) is 10.9 Å². The van der Waals surface area contributed by atoms with Crippen LogP contribution in [-0.4, -0.2) is 20.6 Å². The van der Waals surface area contributed by atoms with E-state index in [4.69, 9.17) is 22.7 Å². The van der Waals surface area contributed by atoms with Crippen LogP contribution in [0.4, 0.5) is 0 Å². The van der Waals surface area contributed by atoms with Gasteiger partial charge in [-0.2, -0.15) is 5.10 Å². The fourth-order valence-electron chi connectivity index (χ4n) is 1.93. The van der Waals surface area contributed by atoms with Crippen LogP contribution >= 0.6 is 11.6 Å². The van der Waals surface area contributed by atoms with Crippen LogP contribution < -0.4 is 5.73 Å². The van der Waals surface area contributed by atoms with Crippen molar-refractivity contribution in [2.45, 2.75) is 0 Å². The zero-order valence-corrected chi connectivity index (χ0v) is 10.6. The number of pyridine rings is 1. The number of hydrogen-bond acceptors (Lipinski definition) is 3. The molecule has 0 bridgehead atoms. The second-order valence-electron chi connectivity index (χ2n) is 4.06. The first kappa shape index (κ1) is 11.7. The van der Waals surface area contributed by atoms with Gasteiger partial charge in [0.1, 0.15) is 5.84 Å². The SMILES string of the molecule is N=C(N)c1cc(-n2cc(Cl)cn2)nc2ccccc12. The Morgan fingerprint density at radius 2 is 2.11 bits per heavy atom. The van der Waals surface area contributed by atoms with Gasteiger partial charge in [-0.15, -0.1) is 0 Å². The number of amidine groups is 1. The van der Waals surface area contributed by atoms with E-state index in [1.807, 2.05) is 24.3 Å². The average Bonchev–Trinajstić information content (AvgIpc) is 2.84. The van der Waals surface area contributed by atoms with E-state index in [2.05, 4.69) is 10.1 Å². The molecule has 3 aromatic rings. The second kappa shape index (κ2) is 4.37. The van der Waals surface area contributed by atoms with E-state index < -0.39 is 0 Å². The van der Waals surface area contributed by atoms with E-state index >= 15 is 0 Å². The third-order valence-corrected chi connectivity index (χ3v) is 2.97. The molecule has 0 fully saturated rings. The van der Waals surface area contributed by atoms with E-state index in [1.165, 1.54) is 6.20 Å². The number of nitrogens with one attached hydrogen (secondary N) is 1. The van der Waals surface area contributed by atoms with Gasteiger partial charge in [-0.25, -0.2) is 9.67 Å². The van der Waals surface area contributed by atoms with Crippen molar-refractivity contribution in [2.24, 2.45) is 5.73 Å². The molecule has 94 valence electrons. The number of rotatable bonds is 2. The Labute approximate surface area is 114 Å². The van der Waals surface area contributed by atoms with Crippen LogP contribution in [0.25, 0.3) is 16.7 Å². The van der Waals surface area contributed by atoms with E-state index in [-0.39, 0.29) is 5.84 Å². The van der Waals surface area contributed by atoms with Crippen molar-refractivity contribution in [1.82, 2.24) is 14.8 Å². The number of nitrogens with zero attached hydrogens (tertiary/aromatic N) is 3. The number of nitrogen functional groups attached to an aromatic ring is 1. The summed E-state index contributed by atoms with van der Waals surface area (Å²) in [6.07, 6.45) is 3.19. The lowest BCUT2D eigenvalue weighted by atomic mass is 10.1. The Kier molecular flexibility index (Phi) is 2.68. The van der Waals surface area contributed by atoms with Gasteiger partial charge in [0.05, 0.1) is 22.9 Å².